The van der Waals surface area contributed by atoms with Gasteiger partial charge in [-0.25, -0.2) is 0 Å². The van der Waals surface area contributed by atoms with Crippen LogP contribution >= 0.6 is 0 Å². The van der Waals surface area contributed by atoms with Crippen molar-refractivity contribution in [3.8, 4) is 0 Å². The highest BCUT2D eigenvalue weighted by atomic mass is 16.6. The molecule has 27 heavy (non-hydrogen) atoms. The molecule has 0 heterocycles. The third kappa shape index (κ3) is 9.25. The summed E-state index contributed by atoms with van der Waals surface area (Å²) in [6, 6.07) is 0. The van der Waals surface area contributed by atoms with Gasteiger partial charge in [-0.05, 0) is 38.0 Å². The van der Waals surface area contributed by atoms with Crippen LogP contribution in [0.1, 0.15) is 92.4 Å². The highest BCUT2D eigenvalue weighted by molar-refractivity contribution is 4.95. The molecule has 0 N–H and O–H groups in total. The molecule has 1 rings (SSSR count). The first-order chi connectivity index (χ1) is 13.2. The van der Waals surface area contributed by atoms with Gasteiger partial charge in [0.1, 0.15) is 12.2 Å². The van der Waals surface area contributed by atoms with E-state index in [1.807, 2.05) is 0 Å². The fraction of sp³-hybridized carbons (Fsp3) is 1.00. The van der Waals surface area contributed by atoms with Crippen LogP contribution in [0.2, 0.25) is 0 Å². The van der Waals surface area contributed by atoms with E-state index in [9.17, 15) is 0 Å². The molecule has 162 valence electrons. The zero-order valence-electron chi connectivity index (χ0n) is 18.7. The van der Waals surface area contributed by atoms with Crippen LogP contribution in [0.25, 0.3) is 0 Å². The van der Waals surface area contributed by atoms with E-state index in [1.165, 1.54) is 0 Å². The van der Waals surface area contributed by atoms with E-state index in [4.69, 9.17) is 18.9 Å². The second kappa shape index (κ2) is 15.7. The highest BCUT2D eigenvalue weighted by Gasteiger charge is 2.45. The maximum Gasteiger partial charge on any atom is 0.113 e. The smallest absolute Gasteiger partial charge is 0.113 e. The van der Waals surface area contributed by atoms with Gasteiger partial charge in [0.2, 0.25) is 0 Å². The van der Waals surface area contributed by atoms with Crippen molar-refractivity contribution in [3.63, 3.8) is 0 Å². The molecule has 0 aromatic rings. The van der Waals surface area contributed by atoms with Gasteiger partial charge in [0, 0.05) is 26.4 Å². The molecule has 0 saturated heterocycles. The Morgan fingerprint density at radius 1 is 0.556 bits per heavy atom. The van der Waals surface area contributed by atoms with Crippen LogP contribution < -0.4 is 0 Å². The van der Waals surface area contributed by atoms with E-state index in [0.717, 1.165) is 84.2 Å². The number of rotatable bonds is 16. The van der Waals surface area contributed by atoms with Crippen molar-refractivity contribution >= 4 is 0 Å². The molecule has 4 heteroatoms. The maximum atomic E-state index is 6.39. The first kappa shape index (κ1) is 24.9. The van der Waals surface area contributed by atoms with Gasteiger partial charge < -0.3 is 18.9 Å². The Balaban J connectivity index is 2.86. The molecular weight excluding hydrogens is 340 g/mol. The van der Waals surface area contributed by atoms with E-state index >= 15 is 0 Å². The van der Waals surface area contributed by atoms with Crippen molar-refractivity contribution in [3.05, 3.63) is 0 Å². The summed E-state index contributed by atoms with van der Waals surface area (Å²) in [6.07, 6.45) is 10.1. The standard InChI is InChI=1S/C23H46O4/c1-6-10-14-24-20-18-19(5)21(25-15-11-7-2)23(27-17-13-9-4)22(20)26-16-12-8-3/h19-23H,6-18H2,1-5H3/t19-,20?,21?,22-,23?/m0/s1. The van der Waals surface area contributed by atoms with Gasteiger partial charge in [-0.15, -0.1) is 0 Å². The summed E-state index contributed by atoms with van der Waals surface area (Å²) < 4.78 is 25.4. The Kier molecular flexibility index (Phi) is 14.5. The van der Waals surface area contributed by atoms with Gasteiger partial charge in [0.05, 0.1) is 12.2 Å². The zero-order valence-corrected chi connectivity index (χ0v) is 18.7. The van der Waals surface area contributed by atoms with E-state index in [1.54, 1.807) is 0 Å². The molecular formula is C23H46O4. The van der Waals surface area contributed by atoms with Crippen LogP contribution in [0, 0.1) is 5.92 Å². The van der Waals surface area contributed by atoms with Gasteiger partial charge in [0.15, 0.2) is 0 Å². The Bertz CT molecular complexity index is 336. The number of hydrogen-bond donors (Lipinski definition) is 0. The SMILES string of the molecule is CCCCOC1C[C@H](C)C(OCCCC)C(OCCCC)[C@H]1OCCCC. The lowest BCUT2D eigenvalue weighted by molar-refractivity contribution is -0.217. The lowest BCUT2D eigenvalue weighted by atomic mass is 9.81. The predicted molar refractivity (Wildman–Crippen MR) is 112 cm³/mol. The molecule has 0 radical (unpaired) electrons. The fourth-order valence-corrected chi connectivity index (χ4v) is 3.64. The maximum absolute atomic E-state index is 6.39. The monoisotopic (exact) mass is 386 g/mol. The quantitative estimate of drug-likeness (QED) is 0.316. The van der Waals surface area contributed by atoms with Gasteiger partial charge in [-0.3, -0.25) is 0 Å². The lowest BCUT2D eigenvalue weighted by Gasteiger charge is -2.45. The molecule has 3 unspecified atom stereocenters. The summed E-state index contributed by atoms with van der Waals surface area (Å²) in [6.45, 7) is 14.3. The number of hydrogen-bond acceptors (Lipinski definition) is 4. The van der Waals surface area contributed by atoms with Gasteiger partial charge in [-0.2, -0.15) is 0 Å². The normalized spacial score (nSPS) is 28.6. The predicted octanol–water partition coefficient (Wildman–Crippen LogP) is 5.77. The summed E-state index contributed by atoms with van der Waals surface area (Å²) in [7, 11) is 0. The van der Waals surface area contributed by atoms with Crippen molar-refractivity contribution in [1.82, 2.24) is 0 Å². The van der Waals surface area contributed by atoms with Crippen molar-refractivity contribution in [1.29, 1.82) is 0 Å². The van der Waals surface area contributed by atoms with Crippen LogP contribution in [0.3, 0.4) is 0 Å². The molecule has 0 bridgehead atoms. The first-order valence-electron chi connectivity index (χ1n) is 11.7. The minimum Gasteiger partial charge on any atom is -0.375 e. The summed E-state index contributed by atoms with van der Waals surface area (Å²) in [5, 5.41) is 0. The summed E-state index contributed by atoms with van der Waals surface area (Å²) >= 11 is 0. The number of unbranched alkanes of at least 4 members (excludes halogenated alkanes) is 4. The molecule has 0 aromatic heterocycles. The molecule has 1 aliphatic carbocycles. The van der Waals surface area contributed by atoms with E-state index in [0.29, 0.717) is 5.92 Å². The Labute approximate surface area is 168 Å². The fourth-order valence-electron chi connectivity index (χ4n) is 3.64. The molecule has 1 fully saturated rings. The van der Waals surface area contributed by atoms with Crippen LogP contribution in [-0.4, -0.2) is 50.8 Å². The minimum absolute atomic E-state index is 0.0203. The topological polar surface area (TPSA) is 36.9 Å². The summed E-state index contributed by atoms with van der Waals surface area (Å²) in [5.74, 6) is 0.422. The van der Waals surface area contributed by atoms with Crippen molar-refractivity contribution in [2.45, 2.75) is 117 Å². The zero-order chi connectivity index (χ0) is 19.9. The highest BCUT2D eigenvalue weighted by Crippen LogP contribution is 2.34. The van der Waals surface area contributed by atoms with Crippen molar-refractivity contribution < 1.29 is 18.9 Å². The molecule has 0 aromatic carbocycles. The Morgan fingerprint density at radius 2 is 0.963 bits per heavy atom. The molecule has 0 spiro atoms. The van der Waals surface area contributed by atoms with Crippen LogP contribution in [0.5, 0.6) is 0 Å². The molecule has 0 aliphatic heterocycles. The third-order valence-corrected chi connectivity index (χ3v) is 5.43. The minimum atomic E-state index is -0.0272. The second-order valence-electron chi connectivity index (χ2n) is 8.04. The van der Waals surface area contributed by atoms with Gasteiger partial charge in [-0.1, -0.05) is 60.3 Å². The average Bonchev–Trinajstić information content (AvgIpc) is 2.66. The second-order valence-corrected chi connectivity index (χ2v) is 8.04. The molecule has 1 aliphatic rings. The van der Waals surface area contributed by atoms with Crippen LogP contribution in [-0.2, 0) is 18.9 Å². The first-order valence-corrected chi connectivity index (χ1v) is 11.7. The largest absolute Gasteiger partial charge is 0.375 e. The van der Waals surface area contributed by atoms with Gasteiger partial charge >= 0.3 is 0 Å². The summed E-state index contributed by atoms with van der Waals surface area (Å²) in [4.78, 5) is 0. The van der Waals surface area contributed by atoms with Gasteiger partial charge in [0.25, 0.3) is 0 Å². The molecule has 5 atom stereocenters. The van der Waals surface area contributed by atoms with Crippen molar-refractivity contribution in [2.75, 3.05) is 26.4 Å². The number of ether oxygens (including phenoxy) is 4. The van der Waals surface area contributed by atoms with Crippen LogP contribution in [0.15, 0.2) is 0 Å². The molecule has 4 nitrogen and oxygen atoms in total. The lowest BCUT2D eigenvalue weighted by Crippen LogP contribution is -2.57. The summed E-state index contributed by atoms with van der Waals surface area (Å²) in [5.41, 5.74) is 0. The Morgan fingerprint density at radius 3 is 1.44 bits per heavy atom. The van der Waals surface area contributed by atoms with E-state index < -0.39 is 0 Å². The molecule has 0 amide bonds. The third-order valence-electron chi connectivity index (χ3n) is 5.43. The Hall–Kier alpha value is -0.160. The van der Waals surface area contributed by atoms with E-state index in [-0.39, 0.29) is 24.4 Å². The molecule has 1 saturated carbocycles. The van der Waals surface area contributed by atoms with Crippen LogP contribution in [0.4, 0.5) is 0 Å². The van der Waals surface area contributed by atoms with E-state index in [2.05, 4.69) is 34.6 Å². The average molecular weight is 387 g/mol. The van der Waals surface area contributed by atoms with Crippen molar-refractivity contribution in [2.24, 2.45) is 5.92 Å².